The monoisotopic (exact) mass is 298 g/mol. The van der Waals surface area contributed by atoms with Crippen LogP contribution in [0.15, 0.2) is 29.6 Å². The summed E-state index contributed by atoms with van der Waals surface area (Å²) in [5, 5.41) is 6.42. The molecule has 0 aliphatic rings. The average Bonchev–Trinajstić information content (AvgIpc) is 2.84. The van der Waals surface area contributed by atoms with E-state index >= 15 is 0 Å². The summed E-state index contributed by atoms with van der Waals surface area (Å²) in [5.41, 5.74) is 2.02. The van der Waals surface area contributed by atoms with Crippen LogP contribution in [-0.4, -0.2) is 11.6 Å². The SMILES string of the molecule is Cc1nc(C(C)NCc2ccc(OC(F)F)cc2)cs1. The Bertz CT molecular complexity index is 542. The van der Waals surface area contributed by atoms with Crippen LogP contribution < -0.4 is 10.1 Å². The van der Waals surface area contributed by atoms with Crippen LogP contribution in [0.25, 0.3) is 0 Å². The number of nitrogens with zero attached hydrogens (tertiary/aromatic N) is 1. The van der Waals surface area contributed by atoms with Crippen molar-refractivity contribution in [3.8, 4) is 5.75 Å². The Balaban J connectivity index is 1.87. The van der Waals surface area contributed by atoms with E-state index in [0.29, 0.717) is 6.54 Å². The molecular formula is C14H16F2N2OS. The standard InChI is InChI=1S/C14H16F2N2OS/c1-9(13-8-20-10(2)18-13)17-7-11-3-5-12(6-4-11)19-14(15)16/h3-6,8-9,14,17H,7H2,1-2H3. The smallest absolute Gasteiger partial charge is 0.387 e. The fourth-order valence-corrected chi connectivity index (χ4v) is 2.45. The molecule has 2 aromatic rings. The summed E-state index contributed by atoms with van der Waals surface area (Å²) < 4.78 is 28.4. The fraction of sp³-hybridized carbons (Fsp3) is 0.357. The van der Waals surface area contributed by atoms with Crippen molar-refractivity contribution < 1.29 is 13.5 Å². The van der Waals surface area contributed by atoms with Crippen molar-refractivity contribution in [2.45, 2.75) is 33.0 Å². The minimum Gasteiger partial charge on any atom is -0.435 e. The van der Waals surface area contributed by atoms with Gasteiger partial charge in [-0.2, -0.15) is 8.78 Å². The minimum atomic E-state index is -2.79. The van der Waals surface area contributed by atoms with Crippen molar-refractivity contribution in [3.63, 3.8) is 0 Å². The predicted octanol–water partition coefficient (Wildman–Crippen LogP) is 3.90. The summed E-state index contributed by atoms with van der Waals surface area (Å²) in [4.78, 5) is 4.42. The largest absolute Gasteiger partial charge is 0.435 e. The van der Waals surface area contributed by atoms with Crippen molar-refractivity contribution in [2.75, 3.05) is 0 Å². The van der Waals surface area contributed by atoms with Gasteiger partial charge in [-0.15, -0.1) is 11.3 Å². The Morgan fingerprint density at radius 1 is 1.30 bits per heavy atom. The molecule has 2 rings (SSSR count). The lowest BCUT2D eigenvalue weighted by atomic mass is 10.2. The summed E-state index contributed by atoms with van der Waals surface area (Å²) >= 11 is 1.62. The molecule has 20 heavy (non-hydrogen) atoms. The summed E-state index contributed by atoms with van der Waals surface area (Å²) in [6.45, 7) is 1.88. The molecule has 6 heteroatoms. The molecule has 0 radical (unpaired) electrons. The number of nitrogens with one attached hydrogen (secondary N) is 1. The van der Waals surface area contributed by atoms with E-state index in [1.54, 1.807) is 35.6 Å². The zero-order chi connectivity index (χ0) is 14.5. The molecule has 0 amide bonds. The van der Waals surface area contributed by atoms with Crippen LogP contribution >= 0.6 is 11.3 Å². The van der Waals surface area contributed by atoms with Crippen molar-refractivity contribution in [2.24, 2.45) is 0 Å². The lowest BCUT2D eigenvalue weighted by Crippen LogP contribution is -2.18. The number of halogens is 2. The molecule has 1 atom stereocenters. The number of ether oxygens (including phenoxy) is 1. The first-order valence-corrected chi connectivity index (χ1v) is 7.11. The molecule has 1 aromatic heterocycles. The molecule has 0 saturated heterocycles. The van der Waals surface area contributed by atoms with Crippen molar-refractivity contribution in [3.05, 3.63) is 45.9 Å². The van der Waals surface area contributed by atoms with Gasteiger partial charge in [-0.05, 0) is 31.5 Å². The van der Waals surface area contributed by atoms with E-state index in [0.717, 1.165) is 16.3 Å². The van der Waals surface area contributed by atoms with E-state index in [-0.39, 0.29) is 11.8 Å². The molecule has 108 valence electrons. The van der Waals surface area contributed by atoms with E-state index in [1.807, 2.05) is 19.2 Å². The number of thiazole rings is 1. The second kappa shape index (κ2) is 6.76. The van der Waals surface area contributed by atoms with Gasteiger partial charge in [0.2, 0.25) is 0 Å². The van der Waals surface area contributed by atoms with Gasteiger partial charge >= 0.3 is 6.61 Å². The van der Waals surface area contributed by atoms with E-state index in [1.165, 1.54) is 0 Å². The van der Waals surface area contributed by atoms with Crippen molar-refractivity contribution >= 4 is 11.3 Å². The van der Waals surface area contributed by atoms with Gasteiger partial charge in [0.1, 0.15) is 5.75 Å². The Kier molecular flexibility index (Phi) is 5.03. The van der Waals surface area contributed by atoms with Crippen LogP contribution in [0, 0.1) is 6.92 Å². The van der Waals surface area contributed by atoms with Crippen molar-refractivity contribution in [1.29, 1.82) is 0 Å². The number of rotatable bonds is 6. The molecule has 0 aliphatic heterocycles. The van der Waals surface area contributed by atoms with E-state index in [2.05, 4.69) is 15.0 Å². The molecule has 1 aromatic carbocycles. The molecule has 0 aliphatic carbocycles. The number of hydrogen-bond acceptors (Lipinski definition) is 4. The molecular weight excluding hydrogens is 282 g/mol. The van der Waals surface area contributed by atoms with Gasteiger partial charge < -0.3 is 10.1 Å². The zero-order valence-corrected chi connectivity index (χ0v) is 12.1. The second-order valence-electron chi connectivity index (χ2n) is 4.42. The van der Waals surface area contributed by atoms with E-state index < -0.39 is 6.61 Å². The minimum absolute atomic E-state index is 0.150. The highest BCUT2D eigenvalue weighted by molar-refractivity contribution is 7.09. The Hall–Kier alpha value is -1.53. The zero-order valence-electron chi connectivity index (χ0n) is 11.3. The number of alkyl halides is 2. The highest BCUT2D eigenvalue weighted by atomic mass is 32.1. The molecule has 0 fully saturated rings. The highest BCUT2D eigenvalue weighted by Crippen LogP contribution is 2.18. The highest BCUT2D eigenvalue weighted by Gasteiger charge is 2.08. The summed E-state index contributed by atoms with van der Waals surface area (Å²) in [6, 6.07) is 6.77. The molecule has 1 unspecified atom stereocenters. The third kappa shape index (κ3) is 4.25. The Labute approximate surface area is 120 Å². The number of benzene rings is 1. The van der Waals surface area contributed by atoms with Crippen LogP contribution in [0.1, 0.15) is 29.2 Å². The maximum absolute atomic E-state index is 12.0. The molecule has 3 nitrogen and oxygen atoms in total. The molecule has 0 spiro atoms. The Morgan fingerprint density at radius 2 is 2.00 bits per heavy atom. The van der Waals surface area contributed by atoms with Crippen LogP contribution in [-0.2, 0) is 6.54 Å². The van der Waals surface area contributed by atoms with Crippen LogP contribution in [0.4, 0.5) is 8.78 Å². The number of hydrogen-bond donors (Lipinski definition) is 1. The Morgan fingerprint density at radius 3 is 2.55 bits per heavy atom. The molecule has 1 heterocycles. The van der Waals surface area contributed by atoms with Gasteiger partial charge in [0.15, 0.2) is 0 Å². The second-order valence-corrected chi connectivity index (χ2v) is 5.48. The van der Waals surface area contributed by atoms with Crippen LogP contribution in [0.5, 0.6) is 5.75 Å². The van der Waals surface area contributed by atoms with Gasteiger partial charge in [-0.1, -0.05) is 12.1 Å². The molecule has 1 N–H and O–H groups in total. The van der Waals surface area contributed by atoms with E-state index in [9.17, 15) is 8.78 Å². The maximum atomic E-state index is 12.0. The normalized spacial score (nSPS) is 12.7. The lowest BCUT2D eigenvalue weighted by molar-refractivity contribution is -0.0498. The summed E-state index contributed by atoms with van der Waals surface area (Å²) in [6.07, 6.45) is 0. The lowest BCUT2D eigenvalue weighted by Gasteiger charge is -2.12. The molecule has 0 bridgehead atoms. The summed E-state index contributed by atoms with van der Waals surface area (Å²) in [5.74, 6) is 0.173. The van der Waals surface area contributed by atoms with Gasteiger partial charge in [0.05, 0.1) is 10.7 Å². The third-order valence-corrected chi connectivity index (χ3v) is 3.63. The quantitative estimate of drug-likeness (QED) is 0.878. The summed E-state index contributed by atoms with van der Waals surface area (Å²) in [7, 11) is 0. The van der Waals surface area contributed by atoms with Crippen molar-refractivity contribution in [1.82, 2.24) is 10.3 Å². The average molecular weight is 298 g/mol. The fourth-order valence-electron chi connectivity index (χ4n) is 1.74. The molecule has 0 saturated carbocycles. The number of aromatic nitrogens is 1. The van der Waals surface area contributed by atoms with Gasteiger partial charge in [0.25, 0.3) is 0 Å². The topological polar surface area (TPSA) is 34.2 Å². The number of aryl methyl sites for hydroxylation is 1. The third-order valence-electron chi connectivity index (χ3n) is 2.84. The van der Waals surface area contributed by atoms with Gasteiger partial charge in [-0.3, -0.25) is 0 Å². The predicted molar refractivity (Wildman–Crippen MR) is 75.2 cm³/mol. The van der Waals surface area contributed by atoms with Gasteiger partial charge in [0, 0.05) is 18.0 Å². The van der Waals surface area contributed by atoms with E-state index in [4.69, 9.17) is 0 Å². The van der Waals surface area contributed by atoms with Gasteiger partial charge in [-0.25, -0.2) is 4.98 Å². The first-order chi connectivity index (χ1) is 9.54. The first kappa shape index (κ1) is 14.9. The maximum Gasteiger partial charge on any atom is 0.387 e. The first-order valence-electron chi connectivity index (χ1n) is 6.24. The van der Waals surface area contributed by atoms with Crippen LogP contribution in [0.3, 0.4) is 0 Å². The van der Waals surface area contributed by atoms with Crippen LogP contribution in [0.2, 0.25) is 0 Å².